The number of piperidine rings is 1. The summed E-state index contributed by atoms with van der Waals surface area (Å²) in [6.45, 7) is 2.78. The van der Waals surface area contributed by atoms with Gasteiger partial charge in [-0.25, -0.2) is 0 Å². The van der Waals surface area contributed by atoms with Gasteiger partial charge in [-0.15, -0.1) is 0 Å². The lowest BCUT2D eigenvalue weighted by Gasteiger charge is -2.39. The standard InChI is InChI=1S/C29H36ClF3N2O5/c1-19(12-15-40-23-8-9-24(25(30)18-23)26(36)34(2)3)16-20-10-13-35(14-11-20)27(37)28(38,29(31,32)33)21-6-5-7-22(17-21)39-4/h5-9,17-20,38H,10-16H2,1-4H3/t19-,28-/m1/s1. The van der Waals surface area contributed by atoms with Crippen LogP contribution in [0.5, 0.6) is 11.5 Å². The first-order chi connectivity index (χ1) is 18.8. The molecule has 0 radical (unpaired) electrons. The van der Waals surface area contributed by atoms with E-state index in [0.717, 1.165) is 29.9 Å². The third-order valence-corrected chi connectivity index (χ3v) is 7.61. The number of hydrogen-bond acceptors (Lipinski definition) is 5. The zero-order valence-electron chi connectivity index (χ0n) is 23.1. The third-order valence-electron chi connectivity index (χ3n) is 7.30. The summed E-state index contributed by atoms with van der Waals surface area (Å²) in [5, 5.41) is 11.0. The van der Waals surface area contributed by atoms with Crippen molar-refractivity contribution in [2.75, 3.05) is 40.9 Å². The maximum atomic E-state index is 14.1. The number of rotatable bonds is 10. The van der Waals surface area contributed by atoms with Crippen LogP contribution in [0.4, 0.5) is 13.2 Å². The first-order valence-electron chi connectivity index (χ1n) is 13.1. The highest BCUT2D eigenvalue weighted by atomic mass is 35.5. The largest absolute Gasteiger partial charge is 0.497 e. The summed E-state index contributed by atoms with van der Waals surface area (Å²) in [5.74, 6) is -0.370. The highest BCUT2D eigenvalue weighted by Crippen LogP contribution is 2.42. The summed E-state index contributed by atoms with van der Waals surface area (Å²) >= 11 is 6.23. The second-order valence-corrected chi connectivity index (χ2v) is 10.9. The van der Waals surface area contributed by atoms with Gasteiger partial charge in [-0.3, -0.25) is 9.59 Å². The molecule has 1 heterocycles. The first-order valence-corrected chi connectivity index (χ1v) is 13.5. The number of carbonyl (C=O) groups excluding carboxylic acids is 2. The molecule has 0 unspecified atom stereocenters. The minimum atomic E-state index is -5.20. The molecule has 2 amide bonds. The van der Waals surface area contributed by atoms with Gasteiger partial charge >= 0.3 is 6.18 Å². The molecule has 220 valence electrons. The number of likely N-dealkylation sites (tertiary alicyclic amines) is 1. The summed E-state index contributed by atoms with van der Waals surface area (Å²) in [4.78, 5) is 27.7. The van der Waals surface area contributed by atoms with Crippen LogP contribution in [-0.2, 0) is 10.4 Å². The smallest absolute Gasteiger partial charge is 0.430 e. The van der Waals surface area contributed by atoms with Gasteiger partial charge in [-0.05, 0) is 67.9 Å². The van der Waals surface area contributed by atoms with Crippen molar-refractivity contribution in [2.24, 2.45) is 11.8 Å². The topological polar surface area (TPSA) is 79.3 Å². The fourth-order valence-corrected chi connectivity index (χ4v) is 5.17. The Bertz CT molecular complexity index is 1180. The van der Waals surface area contributed by atoms with Crippen molar-refractivity contribution < 1.29 is 37.3 Å². The monoisotopic (exact) mass is 584 g/mol. The average molecular weight is 585 g/mol. The van der Waals surface area contributed by atoms with Crippen LogP contribution < -0.4 is 9.47 Å². The molecular formula is C29H36ClF3N2O5. The van der Waals surface area contributed by atoms with E-state index >= 15 is 0 Å². The maximum absolute atomic E-state index is 14.1. The number of methoxy groups -OCH3 is 1. The Labute approximate surface area is 237 Å². The van der Waals surface area contributed by atoms with E-state index in [-0.39, 0.29) is 36.6 Å². The summed E-state index contributed by atoms with van der Waals surface area (Å²) in [5.41, 5.74) is -3.82. The van der Waals surface area contributed by atoms with Crippen LogP contribution in [0.3, 0.4) is 0 Å². The van der Waals surface area contributed by atoms with Crippen molar-refractivity contribution in [3.8, 4) is 11.5 Å². The Morgan fingerprint density at radius 3 is 2.38 bits per heavy atom. The lowest BCUT2D eigenvalue weighted by atomic mass is 9.85. The summed E-state index contributed by atoms with van der Waals surface area (Å²) in [6, 6.07) is 9.82. The van der Waals surface area contributed by atoms with E-state index in [2.05, 4.69) is 6.92 Å². The van der Waals surface area contributed by atoms with Gasteiger partial charge in [0.05, 0.1) is 24.3 Å². The van der Waals surface area contributed by atoms with Gasteiger partial charge in [-0.1, -0.05) is 30.7 Å². The van der Waals surface area contributed by atoms with Crippen LogP contribution >= 0.6 is 11.6 Å². The molecule has 1 N–H and O–H groups in total. The fourth-order valence-electron chi connectivity index (χ4n) is 4.92. The second-order valence-electron chi connectivity index (χ2n) is 10.5. The Balaban J connectivity index is 1.51. The summed E-state index contributed by atoms with van der Waals surface area (Å²) in [6.07, 6.45) is -2.53. The average Bonchev–Trinajstić information content (AvgIpc) is 2.91. The van der Waals surface area contributed by atoms with Gasteiger partial charge < -0.3 is 24.4 Å². The van der Waals surface area contributed by atoms with Crippen LogP contribution in [0.25, 0.3) is 0 Å². The van der Waals surface area contributed by atoms with E-state index in [9.17, 15) is 27.9 Å². The van der Waals surface area contributed by atoms with E-state index in [0.29, 0.717) is 35.8 Å². The molecule has 11 heteroatoms. The first kappa shape index (κ1) is 31.5. The molecule has 2 aromatic rings. The number of hydrogen-bond donors (Lipinski definition) is 1. The van der Waals surface area contributed by atoms with Crippen LogP contribution in [0.2, 0.25) is 5.02 Å². The summed E-state index contributed by atoms with van der Waals surface area (Å²) < 4.78 is 53.0. The second kappa shape index (κ2) is 13.1. The van der Waals surface area contributed by atoms with Crippen molar-refractivity contribution >= 4 is 23.4 Å². The zero-order chi connectivity index (χ0) is 29.7. The van der Waals surface area contributed by atoms with E-state index < -0.39 is 23.2 Å². The van der Waals surface area contributed by atoms with Gasteiger partial charge in [0, 0.05) is 32.7 Å². The van der Waals surface area contributed by atoms with Crippen molar-refractivity contribution in [3.63, 3.8) is 0 Å². The van der Waals surface area contributed by atoms with E-state index in [4.69, 9.17) is 21.1 Å². The van der Waals surface area contributed by atoms with Gasteiger partial charge in [0.25, 0.3) is 17.4 Å². The molecule has 0 spiro atoms. The van der Waals surface area contributed by atoms with E-state index in [1.165, 1.54) is 24.1 Å². The van der Waals surface area contributed by atoms with Gasteiger partial charge in [0.2, 0.25) is 0 Å². The minimum Gasteiger partial charge on any atom is -0.497 e. The molecule has 1 fully saturated rings. The molecule has 3 rings (SSSR count). The van der Waals surface area contributed by atoms with Gasteiger partial charge in [-0.2, -0.15) is 13.2 Å². The van der Waals surface area contributed by atoms with Gasteiger partial charge in [0.1, 0.15) is 11.5 Å². The lowest BCUT2D eigenvalue weighted by molar-refractivity contribution is -0.262. The molecule has 0 bridgehead atoms. The number of carbonyl (C=O) groups is 2. The van der Waals surface area contributed by atoms with Crippen molar-refractivity contribution in [3.05, 3.63) is 58.6 Å². The van der Waals surface area contributed by atoms with Crippen LogP contribution in [0, 0.1) is 11.8 Å². The number of benzene rings is 2. The molecule has 7 nitrogen and oxygen atoms in total. The van der Waals surface area contributed by atoms with Crippen molar-refractivity contribution in [1.29, 1.82) is 0 Å². The molecule has 2 aromatic carbocycles. The number of ether oxygens (including phenoxy) is 2. The fraction of sp³-hybridized carbons (Fsp3) is 0.517. The zero-order valence-corrected chi connectivity index (χ0v) is 23.9. The maximum Gasteiger partial charge on any atom is 0.430 e. The molecule has 40 heavy (non-hydrogen) atoms. The molecule has 0 aliphatic carbocycles. The number of aliphatic hydroxyl groups is 1. The molecule has 2 atom stereocenters. The Kier molecular flexibility index (Phi) is 10.3. The highest BCUT2D eigenvalue weighted by Gasteiger charge is 2.62. The van der Waals surface area contributed by atoms with Crippen molar-refractivity contribution in [1.82, 2.24) is 9.80 Å². The van der Waals surface area contributed by atoms with Crippen LogP contribution in [0.1, 0.15) is 48.5 Å². The highest BCUT2D eigenvalue weighted by molar-refractivity contribution is 6.34. The predicted molar refractivity (Wildman–Crippen MR) is 146 cm³/mol. The van der Waals surface area contributed by atoms with E-state index in [1.54, 1.807) is 32.3 Å². The minimum absolute atomic E-state index is 0.115. The Morgan fingerprint density at radius 1 is 1.12 bits per heavy atom. The molecular weight excluding hydrogens is 549 g/mol. The molecule has 1 aliphatic heterocycles. The van der Waals surface area contributed by atoms with Gasteiger partial charge in [0.15, 0.2) is 0 Å². The van der Waals surface area contributed by atoms with Crippen LogP contribution in [0.15, 0.2) is 42.5 Å². The number of halogens is 4. The Morgan fingerprint density at radius 2 is 1.80 bits per heavy atom. The number of amides is 2. The molecule has 0 saturated carbocycles. The lowest BCUT2D eigenvalue weighted by Crippen LogP contribution is -2.57. The Hall–Kier alpha value is -2.98. The molecule has 1 aliphatic rings. The predicted octanol–water partition coefficient (Wildman–Crippen LogP) is 5.53. The quantitative estimate of drug-likeness (QED) is 0.397. The third kappa shape index (κ3) is 7.20. The van der Waals surface area contributed by atoms with Crippen LogP contribution in [-0.4, -0.2) is 73.8 Å². The normalized spacial score (nSPS) is 16.7. The molecule has 0 aromatic heterocycles. The van der Waals surface area contributed by atoms with E-state index in [1.807, 2.05) is 0 Å². The van der Waals surface area contributed by atoms with Crippen molar-refractivity contribution in [2.45, 2.75) is 44.4 Å². The molecule has 1 saturated heterocycles. The number of alkyl halides is 3. The SMILES string of the molecule is COc1cccc([C@@](O)(C(=O)N2CCC(C[C@H](C)CCOc3ccc(C(=O)N(C)C)c(Cl)c3)CC2)C(F)(F)F)c1. The number of nitrogens with zero attached hydrogens (tertiary/aromatic N) is 2. The summed E-state index contributed by atoms with van der Waals surface area (Å²) in [7, 11) is 4.60.